The molecule has 0 aromatic heterocycles. The summed E-state index contributed by atoms with van der Waals surface area (Å²) in [6.07, 6.45) is 3.84. The monoisotopic (exact) mass is 1070 g/mol. The van der Waals surface area contributed by atoms with Gasteiger partial charge in [-0.1, -0.05) is 164 Å². The molecule has 0 atom stereocenters. The Bertz CT molecular complexity index is 3450. The zero-order valence-corrected chi connectivity index (χ0v) is 42.3. The molecule has 2 aliphatic carbocycles. The van der Waals surface area contributed by atoms with Gasteiger partial charge in [0.2, 0.25) is 0 Å². The van der Waals surface area contributed by atoms with Crippen LogP contribution >= 0.6 is 0 Å². The van der Waals surface area contributed by atoms with E-state index in [1.165, 1.54) is 22.3 Å². The third-order valence-corrected chi connectivity index (χ3v) is 13.1. The average Bonchev–Trinajstić information content (AvgIpc) is 3.81. The second-order valence-corrected chi connectivity index (χ2v) is 18.5. The molecule has 4 aliphatic rings. The molecule has 0 N–H and O–H groups in total. The molecule has 2 aliphatic heterocycles. The smallest absolute Gasteiger partial charge is 0.400 e. The van der Waals surface area contributed by atoms with Crippen LogP contribution in [0.4, 0.5) is 0 Å². The molecule has 9 heteroatoms. The Kier molecular flexibility index (Phi) is 12.1. The number of benzene rings is 6. The molecule has 10 rings (SSSR count). The van der Waals surface area contributed by atoms with Crippen LogP contribution in [0.15, 0.2) is 129 Å². The van der Waals surface area contributed by atoms with Crippen molar-refractivity contribution in [3.8, 4) is 22.7 Å². The number of hydrogen-bond acceptors (Lipinski definition) is 4. The third kappa shape index (κ3) is 7.63. The van der Waals surface area contributed by atoms with Crippen LogP contribution in [-0.4, -0.2) is 18.3 Å². The van der Waals surface area contributed by atoms with E-state index in [4.69, 9.17) is 0 Å². The van der Waals surface area contributed by atoms with Gasteiger partial charge in [-0.3, -0.25) is 19.2 Å². The van der Waals surface area contributed by atoms with Crippen LogP contribution in [0.2, 0.25) is 0 Å². The molecule has 8 nitrogen and oxygen atoms in total. The summed E-state index contributed by atoms with van der Waals surface area (Å²) in [5.41, 5.74) is 16.5. The second kappa shape index (κ2) is 17.4. The SMILES string of the molecule is Cc1cc(C)c(-n2[cH-]n(-c3c(C)cc(C)cc3C)c3c(=O)c4ccccc4c(=O)c2=3)c(C)c1.Cc1cc(C)c(-n2[cH-]n(-c3c(C)cc(C)cc3C)c3c(=O)c4ccccc4c(=O)c2=3)c(C)c1.[Au+3]. The summed E-state index contributed by atoms with van der Waals surface area (Å²) < 4.78 is 7.70. The van der Waals surface area contributed by atoms with Crippen LogP contribution in [0, 0.1) is 104 Å². The molecule has 0 radical (unpaired) electrons. The van der Waals surface area contributed by atoms with Crippen LogP contribution in [0.1, 0.15) is 66.8 Å². The number of aromatic nitrogens is 4. The topological polar surface area (TPSA) is 88.0 Å². The molecule has 0 saturated heterocycles. The minimum Gasteiger partial charge on any atom is -0.400 e. The van der Waals surface area contributed by atoms with Crippen LogP contribution in [0.25, 0.3) is 44.3 Å². The predicted molar refractivity (Wildman–Crippen MR) is 269 cm³/mol. The van der Waals surface area contributed by atoms with Crippen LogP contribution < -0.4 is 21.7 Å². The number of fused-ring (bicyclic) bond motifs is 2. The van der Waals surface area contributed by atoms with Gasteiger partial charge in [0.25, 0.3) is 0 Å². The fourth-order valence-electron chi connectivity index (χ4n) is 10.9. The zero-order valence-electron chi connectivity index (χ0n) is 40.1. The van der Waals surface area contributed by atoms with Crippen molar-refractivity contribution in [3.05, 3.63) is 239 Å². The maximum Gasteiger partial charge on any atom is 3.00 e. The molecule has 2 heterocycles. The van der Waals surface area contributed by atoms with Crippen molar-refractivity contribution < 1.29 is 22.4 Å². The molecule has 67 heavy (non-hydrogen) atoms. The second-order valence-electron chi connectivity index (χ2n) is 18.5. The van der Waals surface area contributed by atoms with Gasteiger partial charge in [-0.2, -0.15) is 0 Å². The summed E-state index contributed by atoms with van der Waals surface area (Å²) >= 11 is 0. The fourth-order valence-corrected chi connectivity index (χ4v) is 10.9. The van der Waals surface area contributed by atoms with Crippen LogP contribution in [-0.2, 0) is 22.4 Å². The Morgan fingerprint density at radius 1 is 0.299 bits per heavy atom. The van der Waals surface area contributed by atoms with Gasteiger partial charge in [-0.15, -0.1) is 0 Å². The van der Waals surface area contributed by atoms with Gasteiger partial charge >= 0.3 is 22.4 Å². The van der Waals surface area contributed by atoms with Crippen molar-refractivity contribution >= 4 is 21.5 Å². The normalized spacial score (nSPS) is 11.4. The summed E-state index contributed by atoms with van der Waals surface area (Å²) in [5, 5.41) is 3.53. The first kappa shape index (κ1) is 46.7. The van der Waals surface area contributed by atoms with E-state index in [0.29, 0.717) is 42.9 Å². The van der Waals surface area contributed by atoms with E-state index < -0.39 is 0 Å². The van der Waals surface area contributed by atoms with Crippen molar-refractivity contribution in [3.63, 3.8) is 0 Å². The Morgan fingerprint density at radius 2 is 0.463 bits per heavy atom. The van der Waals surface area contributed by atoms with Crippen molar-refractivity contribution in [1.29, 1.82) is 0 Å². The fraction of sp³-hybridized carbons (Fsp3) is 0.207. The summed E-state index contributed by atoms with van der Waals surface area (Å²) in [6, 6.07) is 31.2. The van der Waals surface area contributed by atoms with Crippen molar-refractivity contribution in [2.45, 2.75) is 83.1 Å². The molecule has 6 aromatic carbocycles. The molecular weight excluding hydrogens is 1010 g/mol. The van der Waals surface area contributed by atoms with Gasteiger partial charge in [0.05, 0.1) is 0 Å². The van der Waals surface area contributed by atoms with Gasteiger partial charge < -0.3 is 18.3 Å². The minimum absolute atomic E-state index is 0. The molecule has 0 saturated carbocycles. The molecule has 0 amide bonds. The molecule has 0 spiro atoms. The van der Waals surface area contributed by atoms with E-state index in [1.54, 1.807) is 24.3 Å². The third-order valence-electron chi connectivity index (χ3n) is 13.1. The molecule has 0 fully saturated rings. The van der Waals surface area contributed by atoms with Gasteiger partial charge in [0.15, 0.2) is 21.7 Å². The summed E-state index contributed by atoms with van der Waals surface area (Å²) in [6.45, 7) is 24.7. The summed E-state index contributed by atoms with van der Waals surface area (Å²) in [7, 11) is 0. The first-order valence-corrected chi connectivity index (χ1v) is 22.4. The van der Waals surface area contributed by atoms with Crippen molar-refractivity contribution in [1.82, 2.24) is 18.3 Å². The summed E-state index contributed by atoms with van der Waals surface area (Å²) in [4.78, 5) is 55.3. The number of aryl methyl sites for hydroxylation is 12. The largest absolute Gasteiger partial charge is 3.00 e. The molecule has 6 aromatic rings. The Hall–Kier alpha value is -6.84. The van der Waals surface area contributed by atoms with E-state index in [1.807, 2.05) is 55.2 Å². The van der Waals surface area contributed by atoms with E-state index >= 15 is 0 Å². The van der Waals surface area contributed by atoms with Crippen LogP contribution in [0.3, 0.4) is 0 Å². The molecular formula is C58H54AuN4O4+. The first-order chi connectivity index (χ1) is 31.4. The Balaban J connectivity index is 0.000000179. The molecule has 0 bridgehead atoms. The van der Waals surface area contributed by atoms with Gasteiger partial charge in [-0.05, 0) is 106 Å². The van der Waals surface area contributed by atoms with Crippen LogP contribution in [0.5, 0.6) is 0 Å². The zero-order chi connectivity index (χ0) is 47.2. The average molecular weight is 1070 g/mol. The van der Waals surface area contributed by atoms with E-state index in [2.05, 4.69) is 132 Å². The molecule has 340 valence electrons. The van der Waals surface area contributed by atoms with E-state index in [-0.39, 0.29) is 44.1 Å². The van der Waals surface area contributed by atoms with Crippen molar-refractivity contribution in [2.75, 3.05) is 0 Å². The predicted octanol–water partition coefficient (Wildman–Crippen LogP) is 10.9. The van der Waals surface area contributed by atoms with Gasteiger partial charge in [0, 0.05) is 55.6 Å². The maximum absolute atomic E-state index is 13.8. The molecule has 0 unspecified atom stereocenters. The van der Waals surface area contributed by atoms with Gasteiger partial charge in [-0.25, -0.2) is 0 Å². The standard InChI is InChI=1S/2C29H27N2O2.Au/c2*1-16-11-18(3)24(19(4)12-16)30-15-31(25-20(5)13-17(2)14-21(25)6)27-26(30)28(32)22-9-7-8-10-23(22)29(27)33;/h2*7-15H,1-6H3;/q2*-1;+3. The Labute approximate surface area is 404 Å². The van der Waals surface area contributed by atoms with E-state index in [0.717, 1.165) is 67.3 Å². The number of nitrogens with zero attached hydrogens (tertiary/aromatic N) is 4. The minimum atomic E-state index is -0.124. The van der Waals surface area contributed by atoms with E-state index in [9.17, 15) is 19.2 Å². The Morgan fingerprint density at radius 3 is 0.627 bits per heavy atom. The number of hydrogen-bond donors (Lipinski definition) is 0. The van der Waals surface area contributed by atoms with Gasteiger partial charge in [0.1, 0.15) is 0 Å². The summed E-state index contributed by atoms with van der Waals surface area (Å²) in [5.74, 6) is 0. The quantitative estimate of drug-likeness (QED) is 0.130. The number of rotatable bonds is 4. The maximum atomic E-state index is 13.8. The van der Waals surface area contributed by atoms with Crippen molar-refractivity contribution in [2.24, 2.45) is 0 Å². The first-order valence-electron chi connectivity index (χ1n) is 22.4.